The first kappa shape index (κ1) is 13.9. The molecule has 1 N–H and O–H groups in total. The first-order valence-electron chi connectivity index (χ1n) is 7.05. The summed E-state index contributed by atoms with van der Waals surface area (Å²) in [7, 11) is 1.77. The summed E-state index contributed by atoms with van der Waals surface area (Å²) in [6.07, 6.45) is 3.98. The molecule has 0 spiro atoms. The lowest BCUT2D eigenvalue weighted by Gasteiger charge is -2.25. The molecule has 3 heterocycles. The molecule has 1 aliphatic heterocycles. The Balaban J connectivity index is 1.82. The van der Waals surface area contributed by atoms with Crippen LogP contribution in [0.4, 0.5) is 0 Å². The number of carbonyl (C=O) groups is 1. The number of aromatic nitrogens is 2. The van der Waals surface area contributed by atoms with Crippen molar-refractivity contribution in [1.29, 1.82) is 0 Å². The summed E-state index contributed by atoms with van der Waals surface area (Å²) < 4.78 is 10.8. The number of ether oxygens (including phenoxy) is 1. The zero-order valence-electron chi connectivity index (χ0n) is 12.4. The Morgan fingerprint density at radius 1 is 1.52 bits per heavy atom. The number of carbonyl (C=O) groups excluding carboxylic acids is 1. The Morgan fingerprint density at radius 3 is 3.05 bits per heavy atom. The third-order valence-corrected chi connectivity index (χ3v) is 3.78. The summed E-state index contributed by atoms with van der Waals surface area (Å²) in [4.78, 5) is 14.2. The predicted octanol–water partition coefficient (Wildman–Crippen LogP) is 2.30. The fourth-order valence-electron chi connectivity index (χ4n) is 2.76. The average molecular weight is 289 g/mol. The van der Waals surface area contributed by atoms with Gasteiger partial charge in [0.25, 0.3) is 5.91 Å². The summed E-state index contributed by atoms with van der Waals surface area (Å²) in [5.74, 6) is -0.0880. The number of nitrogens with zero attached hydrogens (tertiary/aromatic N) is 2. The molecule has 0 unspecified atom stereocenters. The Hall–Kier alpha value is -2.08. The molecule has 21 heavy (non-hydrogen) atoms. The van der Waals surface area contributed by atoms with Crippen molar-refractivity contribution in [2.75, 3.05) is 7.05 Å². The van der Waals surface area contributed by atoms with Crippen LogP contribution in [0.3, 0.4) is 0 Å². The van der Waals surface area contributed by atoms with E-state index in [-0.39, 0.29) is 18.1 Å². The van der Waals surface area contributed by atoms with Crippen molar-refractivity contribution in [3.8, 4) is 0 Å². The Bertz CT molecular complexity index is 633. The van der Waals surface area contributed by atoms with Crippen LogP contribution in [0.2, 0.25) is 0 Å². The van der Waals surface area contributed by atoms with Crippen LogP contribution in [-0.4, -0.2) is 34.2 Å². The molecule has 2 aromatic rings. The van der Waals surface area contributed by atoms with Crippen LogP contribution in [0.15, 0.2) is 23.0 Å². The first-order chi connectivity index (χ1) is 10.1. The summed E-state index contributed by atoms with van der Waals surface area (Å²) in [5, 5.41) is 7.16. The maximum Gasteiger partial charge on any atom is 0.274 e. The van der Waals surface area contributed by atoms with Crippen LogP contribution >= 0.6 is 0 Å². The van der Waals surface area contributed by atoms with E-state index in [4.69, 9.17) is 9.15 Å². The second-order valence-electron chi connectivity index (χ2n) is 5.55. The zero-order chi connectivity index (χ0) is 15.0. The molecule has 0 aromatic carbocycles. The number of rotatable bonds is 3. The van der Waals surface area contributed by atoms with Gasteiger partial charge in [-0.25, -0.2) is 0 Å². The summed E-state index contributed by atoms with van der Waals surface area (Å²) in [6, 6.07) is 1.85. The topological polar surface area (TPSA) is 71.4 Å². The number of furan rings is 1. The lowest BCUT2D eigenvalue weighted by molar-refractivity contribution is -0.00701. The molecule has 0 aliphatic carbocycles. The highest BCUT2D eigenvalue weighted by molar-refractivity contribution is 5.93. The van der Waals surface area contributed by atoms with Crippen LogP contribution in [0.25, 0.3) is 0 Å². The van der Waals surface area contributed by atoms with E-state index in [1.165, 1.54) is 0 Å². The van der Waals surface area contributed by atoms with E-state index in [1.54, 1.807) is 24.5 Å². The van der Waals surface area contributed by atoms with Gasteiger partial charge < -0.3 is 14.1 Å². The smallest absolute Gasteiger partial charge is 0.274 e. The number of fused-ring (bicyclic) bond motifs is 1. The molecule has 0 bridgehead atoms. The number of aromatic amines is 1. The van der Waals surface area contributed by atoms with E-state index in [0.717, 1.165) is 16.8 Å². The molecule has 2 aromatic heterocycles. The molecular formula is C15H19N3O3. The number of nitrogens with one attached hydrogen (secondary N) is 1. The molecule has 0 fully saturated rings. The van der Waals surface area contributed by atoms with E-state index < -0.39 is 0 Å². The maximum atomic E-state index is 12.6. The van der Waals surface area contributed by atoms with Gasteiger partial charge in [0, 0.05) is 31.1 Å². The van der Waals surface area contributed by atoms with Gasteiger partial charge >= 0.3 is 0 Å². The van der Waals surface area contributed by atoms with Crippen molar-refractivity contribution in [2.45, 2.75) is 39.0 Å². The molecular weight excluding hydrogens is 270 g/mol. The molecule has 3 rings (SSSR count). The molecule has 0 saturated heterocycles. The third kappa shape index (κ3) is 2.58. The van der Waals surface area contributed by atoms with Crippen LogP contribution in [0.1, 0.15) is 47.3 Å². The first-order valence-corrected chi connectivity index (χ1v) is 7.05. The summed E-state index contributed by atoms with van der Waals surface area (Å²) >= 11 is 0. The minimum absolute atomic E-state index is 0.0584. The number of amides is 1. The van der Waals surface area contributed by atoms with Gasteiger partial charge in [0.1, 0.15) is 0 Å². The second kappa shape index (κ2) is 5.37. The molecule has 2 atom stereocenters. The highest BCUT2D eigenvalue weighted by atomic mass is 16.5. The van der Waals surface area contributed by atoms with Crippen molar-refractivity contribution < 1.29 is 13.9 Å². The number of hydrogen-bond acceptors (Lipinski definition) is 4. The number of hydrogen-bond donors (Lipinski definition) is 1. The van der Waals surface area contributed by atoms with Gasteiger partial charge in [0.15, 0.2) is 5.69 Å². The maximum absolute atomic E-state index is 12.6. The van der Waals surface area contributed by atoms with Gasteiger partial charge in [-0.1, -0.05) is 0 Å². The van der Waals surface area contributed by atoms with Crippen LogP contribution < -0.4 is 0 Å². The monoisotopic (exact) mass is 289 g/mol. The standard InChI is InChI=1S/C15H19N3O3/c1-9-6-12-13(10(2)21-9)16-17-14(12)15(19)18(3)7-11-4-5-20-8-11/h4-5,8-10H,6-7H2,1-3H3,(H,16,17)/t9-,10+/m1/s1. The normalized spacial score (nSPS) is 21.1. The quantitative estimate of drug-likeness (QED) is 0.941. The minimum atomic E-state index is -0.0880. The molecule has 6 heteroatoms. The van der Waals surface area contributed by atoms with E-state index in [1.807, 2.05) is 19.9 Å². The SMILES string of the molecule is C[C@@H]1Cc2c(C(=O)N(C)Cc3ccoc3)n[nH]c2[C@H](C)O1. The van der Waals surface area contributed by atoms with Crippen molar-refractivity contribution in [3.05, 3.63) is 41.1 Å². The summed E-state index contributed by atoms with van der Waals surface area (Å²) in [6.45, 7) is 4.48. The lowest BCUT2D eigenvalue weighted by Crippen LogP contribution is -2.29. The van der Waals surface area contributed by atoms with E-state index in [0.29, 0.717) is 18.7 Å². The van der Waals surface area contributed by atoms with Gasteiger partial charge in [0.05, 0.1) is 30.4 Å². The zero-order valence-corrected chi connectivity index (χ0v) is 12.4. The molecule has 0 saturated carbocycles. The molecule has 1 amide bonds. The highest BCUT2D eigenvalue weighted by Gasteiger charge is 2.30. The van der Waals surface area contributed by atoms with Gasteiger partial charge in [-0.2, -0.15) is 5.10 Å². The third-order valence-electron chi connectivity index (χ3n) is 3.78. The highest BCUT2D eigenvalue weighted by Crippen LogP contribution is 2.30. The van der Waals surface area contributed by atoms with E-state index in [2.05, 4.69) is 10.2 Å². The fraction of sp³-hybridized carbons (Fsp3) is 0.467. The molecule has 112 valence electrons. The summed E-state index contributed by atoms with van der Waals surface area (Å²) in [5.41, 5.74) is 3.34. The van der Waals surface area contributed by atoms with Gasteiger partial charge in [-0.3, -0.25) is 9.89 Å². The van der Waals surface area contributed by atoms with E-state index >= 15 is 0 Å². The van der Waals surface area contributed by atoms with Gasteiger partial charge in [0.2, 0.25) is 0 Å². The van der Waals surface area contributed by atoms with Crippen molar-refractivity contribution >= 4 is 5.91 Å². The van der Waals surface area contributed by atoms with Crippen molar-refractivity contribution in [1.82, 2.24) is 15.1 Å². The molecule has 6 nitrogen and oxygen atoms in total. The van der Waals surface area contributed by atoms with Crippen molar-refractivity contribution in [2.24, 2.45) is 0 Å². The van der Waals surface area contributed by atoms with Crippen LogP contribution in [0, 0.1) is 0 Å². The van der Waals surface area contributed by atoms with E-state index in [9.17, 15) is 4.79 Å². The van der Waals surface area contributed by atoms with Crippen molar-refractivity contribution in [3.63, 3.8) is 0 Å². The number of H-pyrrole nitrogens is 1. The Morgan fingerprint density at radius 2 is 2.33 bits per heavy atom. The lowest BCUT2D eigenvalue weighted by atomic mass is 9.99. The van der Waals surface area contributed by atoms with Crippen LogP contribution in [0.5, 0.6) is 0 Å². The largest absolute Gasteiger partial charge is 0.472 e. The predicted molar refractivity (Wildman–Crippen MR) is 75.8 cm³/mol. The van der Waals surface area contributed by atoms with Gasteiger partial charge in [-0.05, 0) is 19.9 Å². The fourth-order valence-corrected chi connectivity index (χ4v) is 2.76. The second-order valence-corrected chi connectivity index (χ2v) is 5.55. The molecule has 1 aliphatic rings. The average Bonchev–Trinajstić information content (AvgIpc) is 3.07. The van der Waals surface area contributed by atoms with Crippen LogP contribution in [-0.2, 0) is 17.7 Å². The Kier molecular flexibility index (Phi) is 3.55. The molecule has 0 radical (unpaired) electrons. The van der Waals surface area contributed by atoms with Gasteiger partial charge in [-0.15, -0.1) is 0 Å². The minimum Gasteiger partial charge on any atom is -0.472 e. The Labute approximate surface area is 123 Å².